The number of anilines is 2. The molecule has 0 N–H and O–H groups in total. The number of aryl methyl sites for hydroxylation is 1. The van der Waals surface area contributed by atoms with E-state index < -0.39 is 0 Å². The van der Waals surface area contributed by atoms with Crippen molar-refractivity contribution in [3.8, 4) is 6.07 Å². The van der Waals surface area contributed by atoms with E-state index in [-0.39, 0.29) is 0 Å². The molecule has 0 radical (unpaired) electrons. The first-order chi connectivity index (χ1) is 11.7. The van der Waals surface area contributed by atoms with E-state index in [4.69, 9.17) is 0 Å². The summed E-state index contributed by atoms with van der Waals surface area (Å²) < 4.78 is 0. The first-order valence-electron chi connectivity index (χ1n) is 8.30. The largest absolute Gasteiger partial charge is 0.356 e. The molecule has 2 aliphatic rings. The van der Waals surface area contributed by atoms with Gasteiger partial charge in [0.2, 0.25) is 0 Å². The summed E-state index contributed by atoms with van der Waals surface area (Å²) in [5.41, 5.74) is 2.88. The lowest BCUT2D eigenvalue weighted by molar-refractivity contribution is 0.533. The van der Waals surface area contributed by atoms with Crippen LogP contribution in [0.1, 0.15) is 16.8 Å². The molecule has 4 heterocycles. The average Bonchev–Trinajstić information content (AvgIpc) is 3.16. The molecule has 2 atom stereocenters. The molecule has 0 aliphatic carbocycles. The molecule has 2 aliphatic heterocycles. The van der Waals surface area contributed by atoms with Gasteiger partial charge in [-0.1, -0.05) is 0 Å². The Morgan fingerprint density at radius 2 is 1.67 bits per heavy atom. The highest BCUT2D eigenvalue weighted by Crippen LogP contribution is 2.36. The maximum atomic E-state index is 9.29. The van der Waals surface area contributed by atoms with E-state index in [1.807, 2.05) is 19.1 Å². The van der Waals surface area contributed by atoms with Crippen molar-refractivity contribution < 1.29 is 0 Å². The van der Waals surface area contributed by atoms with Gasteiger partial charge in [-0.15, -0.1) is 0 Å². The van der Waals surface area contributed by atoms with Crippen molar-refractivity contribution >= 4 is 11.6 Å². The van der Waals surface area contributed by atoms with Gasteiger partial charge in [-0.3, -0.25) is 0 Å². The molecule has 0 amide bonds. The summed E-state index contributed by atoms with van der Waals surface area (Å²) in [6.45, 7) is 8.05. The second-order valence-electron chi connectivity index (χ2n) is 6.72. The molecule has 2 fully saturated rings. The second kappa shape index (κ2) is 5.75. The fraction of sp³-hybridized carbons (Fsp3) is 0.444. The predicted octanol–water partition coefficient (Wildman–Crippen LogP) is 1.93. The molecule has 0 spiro atoms. The number of hydrogen-bond acceptors (Lipinski definition) is 6. The Morgan fingerprint density at radius 1 is 1.00 bits per heavy atom. The maximum absolute atomic E-state index is 9.29. The van der Waals surface area contributed by atoms with Crippen LogP contribution in [0.4, 0.5) is 11.6 Å². The monoisotopic (exact) mass is 320 g/mol. The maximum Gasteiger partial charge on any atom is 0.146 e. The molecular weight excluding hydrogens is 300 g/mol. The zero-order valence-electron chi connectivity index (χ0n) is 14.0. The summed E-state index contributed by atoms with van der Waals surface area (Å²) in [6, 6.07) is 5.92. The van der Waals surface area contributed by atoms with Gasteiger partial charge >= 0.3 is 0 Å². The standard InChI is InChI=1S/C18H20N6/c1-12-13(2)21-11-22-17(12)23-7-15-9-24(10-16(15)8-23)18-14(6-19)4-3-5-20-18/h3-5,11,15-16H,7-10H2,1-2H3. The molecule has 2 aromatic heterocycles. The Morgan fingerprint density at radius 3 is 2.33 bits per heavy atom. The highest BCUT2D eigenvalue weighted by atomic mass is 15.3. The quantitative estimate of drug-likeness (QED) is 0.842. The van der Waals surface area contributed by atoms with Crippen molar-refractivity contribution in [3.05, 3.63) is 41.5 Å². The Balaban J connectivity index is 1.51. The van der Waals surface area contributed by atoms with Crippen LogP contribution in [0.25, 0.3) is 0 Å². The Kier molecular flexibility index (Phi) is 3.57. The third-order valence-electron chi connectivity index (χ3n) is 5.30. The number of nitrogens with zero attached hydrogens (tertiary/aromatic N) is 6. The lowest BCUT2D eigenvalue weighted by atomic mass is 10.0. The molecule has 24 heavy (non-hydrogen) atoms. The Labute approximate surface area is 141 Å². The molecule has 0 bridgehead atoms. The number of fused-ring (bicyclic) bond motifs is 1. The second-order valence-corrected chi connectivity index (χ2v) is 6.72. The predicted molar refractivity (Wildman–Crippen MR) is 91.9 cm³/mol. The molecule has 2 unspecified atom stereocenters. The van der Waals surface area contributed by atoms with Crippen molar-refractivity contribution in [1.29, 1.82) is 5.26 Å². The number of pyridine rings is 1. The first-order valence-corrected chi connectivity index (χ1v) is 8.30. The number of aromatic nitrogens is 3. The van der Waals surface area contributed by atoms with E-state index in [0.717, 1.165) is 43.5 Å². The van der Waals surface area contributed by atoms with Gasteiger partial charge in [0.1, 0.15) is 24.0 Å². The van der Waals surface area contributed by atoms with Crippen molar-refractivity contribution in [2.24, 2.45) is 11.8 Å². The molecule has 2 aromatic rings. The van der Waals surface area contributed by atoms with Crippen LogP contribution in [0, 0.1) is 37.0 Å². The average molecular weight is 320 g/mol. The number of nitriles is 1. The summed E-state index contributed by atoms with van der Waals surface area (Å²) in [5, 5.41) is 9.29. The van der Waals surface area contributed by atoms with Gasteiger partial charge in [0.05, 0.1) is 5.56 Å². The van der Waals surface area contributed by atoms with Crippen molar-refractivity contribution in [2.45, 2.75) is 13.8 Å². The molecule has 6 nitrogen and oxygen atoms in total. The summed E-state index contributed by atoms with van der Waals surface area (Å²) >= 11 is 0. The minimum absolute atomic E-state index is 0.591. The summed E-state index contributed by atoms with van der Waals surface area (Å²) in [6.07, 6.45) is 3.43. The van der Waals surface area contributed by atoms with E-state index in [1.54, 1.807) is 12.5 Å². The highest BCUT2D eigenvalue weighted by Gasteiger charge is 2.41. The molecule has 4 rings (SSSR count). The van der Waals surface area contributed by atoms with Gasteiger partial charge in [-0.2, -0.15) is 5.26 Å². The smallest absolute Gasteiger partial charge is 0.146 e. The van der Waals surface area contributed by atoms with Crippen LogP contribution in [0.5, 0.6) is 0 Å². The summed E-state index contributed by atoms with van der Waals surface area (Å²) in [7, 11) is 0. The van der Waals surface area contributed by atoms with Crippen molar-refractivity contribution in [2.75, 3.05) is 36.0 Å². The fourth-order valence-electron chi connectivity index (χ4n) is 3.92. The third-order valence-corrected chi connectivity index (χ3v) is 5.30. The van der Waals surface area contributed by atoms with Crippen molar-refractivity contribution in [3.63, 3.8) is 0 Å². The van der Waals surface area contributed by atoms with Crippen LogP contribution in [-0.4, -0.2) is 41.1 Å². The SMILES string of the molecule is Cc1ncnc(N2CC3CN(c4ncccc4C#N)CC3C2)c1C. The summed E-state index contributed by atoms with van der Waals surface area (Å²) in [5.74, 6) is 3.08. The zero-order chi connectivity index (χ0) is 16.7. The fourth-order valence-corrected chi connectivity index (χ4v) is 3.92. The third kappa shape index (κ3) is 2.37. The lowest BCUT2D eigenvalue weighted by Crippen LogP contribution is -2.30. The van der Waals surface area contributed by atoms with Gasteiger partial charge in [0.25, 0.3) is 0 Å². The molecular formula is C18H20N6. The minimum Gasteiger partial charge on any atom is -0.356 e. The molecule has 0 saturated carbocycles. The number of hydrogen-bond donors (Lipinski definition) is 0. The van der Waals surface area contributed by atoms with Gasteiger partial charge in [0.15, 0.2) is 0 Å². The van der Waals surface area contributed by atoms with Crippen LogP contribution in [-0.2, 0) is 0 Å². The van der Waals surface area contributed by atoms with Crippen LogP contribution in [0.3, 0.4) is 0 Å². The van der Waals surface area contributed by atoms with E-state index in [1.165, 1.54) is 5.56 Å². The lowest BCUT2D eigenvalue weighted by Gasteiger charge is -2.24. The topological polar surface area (TPSA) is 68.9 Å². The first kappa shape index (κ1) is 14.9. The molecule has 6 heteroatoms. The van der Waals surface area contributed by atoms with Crippen LogP contribution in [0.15, 0.2) is 24.7 Å². The number of rotatable bonds is 2. The van der Waals surface area contributed by atoms with E-state index in [0.29, 0.717) is 17.4 Å². The minimum atomic E-state index is 0.591. The normalized spacial score (nSPS) is 22.5. The van der Waals surface area contributed by atoms with Crippen LogP contribution in [0.2, 0.25) is 0 Å². The zero-order valence-corrected chi connectivity index (χ0v) is 14.0. The highest BCUT2D eigenvalue weighted by molar-refractivity contribution is 5.55. The van der Waals surface area contributed by atoms with Gasteiger partial charge < -0.3 is 9.80 Å². The van der Waals surface area contributed by atoms with Gasteiger partial charge in [-0.25, -0.2) is 15.0 Å². The molecule has 0 aromatic carbocycles. The van der Waals surface area contributed by atoms with Crippen LogP contribution < -0.4 is 9.80 Å². The van der Waals surface area contributed by atoms with Crippen LogP contribution >= 0.6 is 0 Å². The van der Waals surface area contributed by atoms with E-state index in [9.17, 15) is 5.26 Å². The van der Waals surface area contributed by atoms with Gasteiger partial charge in [-0.05, 0) is 26.0 Å². The Bertz CT molecular complexity index is 797. The van der Waals surface area contributed by atoms with Gasteiger partial charge in [0, 0.05) is 55.5 Å². The molecule has 122 valence electrons. The van der Waals surface area contributed by atoms with E-state index in [2.05, 4.69) is 37.7 Å². The Hall–Kier alpha value is -2.68. The molecule has 2 saturated heterocycles. The van der Waals surface area contributed by atoms with Crippen molar-refractivity contribution in [1.82, 2.24) is 15.0 Å². The van der Waals surface area contributed by atoms with E-state index >= 15 is 0 Å². The summed E-state index contributed by atoms with van der Waals surface area (Å²) in [4.78, 5) is 17.9.